The maximum atomic E-state index is 4.42. The van der Waals surface area contributed by atoms with Crippen LogP contribution in [0.4, 0.5) is 0 Å². The maximum Gasteiger partial charge on any atom is 0.133 e. The molecule has 74 valence electrons. The number of rotatable bonds is 3. The van der Waals surface area contributed by atoms with Crippen LogP contribution in [0.15, 0.2) is 19.7 Å². The number of imidazole rings is 1. The minimum atomic E-state index is 0.806. The molecule has 0 amide bonds. The van der Waals surface area contributed by atoms with Gasteiger partial charge >= 0.3 is 0 Å². The first-order valence-corrected chi connectivity index (χ1v) is 4.51. The van der Waals surface area contributed by atoms with Crippen LogP contribution in [0.2, 0.25) is 0 Å². The molecule has 0 atom stereocenters. The van der Waals surface area contributed by atoms with Crippen molar-refractivity contribution in [2.24, 2.45) is 0 Å². The highest BCUT2D eigenvalue weighted by atomic mass is 14.9. The predicted octanol–water partition coefficient (Wildman–Crippen LogP) is 3.51. The fraction of sp³-hybridized carbons (Fsp3) is 0.250. The zero-order chi connectivity index (χ0) is 10.9. The number of H-pyrrole nitrogens is 1. The summed E-state index contributed by atoms with van der Waals surface area (Å²) in [6.45, 7) is 17.4. The van der Waals surface area contributed by atoms with Crippen molar-refractivity contribution in [2.45, 2.75) is 20.8 Å². The van der Waals surface area contributed by atoms with E-state index < -0.39 is 0 Å². The van der Waals surface area contributed by atoms with E-state index >= 15 is 0 Å². The van der Waals surface area contributed by atoms with E-state index in [0.717, 1.165) is 33.9 Å². The van der Waals surface area contributed by atoms with Gasteiger partial charge < -0.3 is 4.98 Å². The second-order valence-corrected chi connectivity index (χ2v) is 3.65. The van der Waals surface area contributed by atoms with Crippen molar-refractivity contribution in [3.63, 3.8) is 0 Å². The molecule has 0 aliphatic rings. The monoisotopic (exact) mass is 188 g/mol. The molecule has 0 bridgehead atoms. The highest BCUT2D eigenvalue weighted by Gasteiger charge is 2.11. The summed E-state index contributed by atoms with van der Waals surface area (Å²) in [6, 6.07) is 0. The van der Waals surface area contributed by atoms with Crippen molar-refractivity contribution in [1.82, 2.24) is 9.97 Å². The Labute approximate surface area is 85.1 Å². The Bertz CT molecular complexity index is 376. The molecular formula is C12H16N2. The average Bonchev–Trinajstić information content (AvgIpc) is 2.47. The molecule has 0 aliphatic carbocycles. The molecule has 0 saturated heterocycles. The van der Waals surface area contributed by atoms with Gasteiger partial charge in [0, 0.05) is 0 Å². The number of allylic oxidation sites excluding steroid dienone is 3. The number of aromatic nitrogens is 2. The molecular weight excluding hydrogens is 172 g/mol. The van der Waals surface area contributed by atoms with Crippen LogP contribution in [-0.4, -0.2) is 9.97 Å². The van der Waals surface area contributed by atoms with E-state index in [1.165, 1.54) is 0 Å². The SMILES string of the molecule is C=C(C)c1nc(C(=C)C)c(C(=C)C)[nH]1. The van der Waals surface area contributed by atoms with Gasteiger partial charge in [-0.3, -0.25) is 0 Å². The average molecular weight is 188 g/mol. The van der Waals surface area contributed by atoms with Crippen LogP contribution >= 0.6 is 0 Å². The Hall–Kier alpha value is -1.57. The molecule has 14 heavy (non-hydrogen) atoms. The lowest BCUT2D eigenvalue weighted by Gasteiger charge is -1.98. The van der Waals surface area contributed by atoms with Gasteiger partial charge in [0.1, 0.15) is 5.82 Å². The lowest BCUT2D eigenvalue weighted by Crippen LogP contribution is -1.85. The minimum Gasteiger partial charge on any atom is -0.338 e. The van der Waals surface area contributed by atoms with Gasteiger partial charge in [0.15, 0.2) is 0 Å². The number of nitrogens with zero attached hydrogens (tertiary/aromatic N) is 1. The van der Waals surface area contributed by atoms with Gasteiger partial charge in [-0.05, 0) is 37.5 Å². The van der Waals surface area contributed by atoms with Crippen molar-refractivity contribution in [2.75, 3.05) is 0 Å². The minimum absolute atomic E-state index is 0.806. The first-order chi connectivity index (χ1) is 6.43. The molecule has 0 saturated carbocycles. The van der Waals surface area contributed by atoms with Crippen LogP contribution in [0.25, 0.3) is 16.7 Å². The van der Waals surface area contributed by atoms with Crippen LogP contribution in [0.3, 0.4) is 0 Å². The lowest BCUT2D eigenvalue weighted by atomic mass is 10.1. The summed E-state index contributed by atoms with van der Waals surface area (Å²) in [4.78, 5) is 7.61. The molecule has 1 rings (SSSR count). The van der Waals surface area contributed by atoms with Crippen molar-refractivity contribution >= 4 is 16.7 Å². The van der Waals surface area contributed by atoms with Crippen LogP contribution in [0.5, 0.6) is 0 Å². The smallest absolute Gasteiger partial charge is 0.133 e. The standard InChI is InChI=1S/C12H16N2/c1-7(2)10-11(8(3)4)14-12(13-10)9(5)6/h1,3,5H2,2,4,6H3,(H,13,14). The fourth-order valence-corrected chi connectivity index (χ4v) is 1.19. The maximum absolute atomic E-state index is 4.42. The summed E-state index contributed by atoms with van der Waals surface area (Å²) < 4.78 is 0. The number of aromatic amines is 1. The predicted molar refractivity (Wildman–Crippen MR) is 62.7 cm³/mol. The van der Waals surface area contributed by atoms with Gasteiger partial charge in [-0.1, -0.05) is 19.7 Å². The Kier molecular flexibility index (Phi) is 2.75. The lowest BCUT2D eigenvalue weighted by molar-refractivity contribution is 1.22. The molecule has 1 aromatic rings. The highest BCUT2D eigenvalue weighted by Crippen LogP contribution is 2.22. The largest absolute Gasteiger partial charge is 0.338 e. The third kappa shape index (κ3) is 1.84. The zero-order valence-electron chi connectivity index (χ0n) is 9.07. The van der Waals surface area contributed by atoms with E-state index in [-0.39, 0.29) is 0 Å². The topological polar surface area (TPSA) is 28.7 Å². The number of hydrogen-bond donors (Lipinski definition) is 1. The molecule has 0 aromatic carbocycles. The van der Waals surface area contributed by atoms with Crippen LogP contribution < -0.4 is 0 Å². The fourth-order valence-electron chi connectivity index (χ4n) is 1.19. The summed E-state index contributed by atoms with van der Waals surface area (Å²) in [5.41, 5.74) is 4.65. The van der Waals surface area contributed by atoms with Gasteiger partial charge in [-0.2, -0.15) is 0 Å². The van der Waals surface area contributed by atoms with E-state index in [1.54, 1.807) is 0 Å². The van der Waals surface area contributed by atoms with E-state index in [0.29, 0.717) is 0 Å². The van der Waals surface area contributed by atoms with Crippen LogP contribution in [0, 0.1) is 0 Å². The first kappa shape index (κ1) is 10.5. The number of hydrogen-bond acceptors (Lipinski definition) is 1. The Morgan fingerprint density at radius 2 is 1.57 bits per heavy atom. The van der Waals surface area contributed by atoms with Crippen molar-refractivity contribution < 1.29 is 0 Å². The molecule has 0 unspecified atom stereocenters. The molecule has 2 heteroatoms. The molecule has 2 nitrogen and oxygen atoms in total. The van der Waals surface area contributed by atoms with Crippen molar-refractivity contribution in [3.8, 4) is 0 Å². The van der Waals surface area contributed by atoms with Crippen LogP contribution in [0.1, 0.15) is 38.0 Å². The molecule has 0 radical (unpaired) electrons. The molecule has 0 aliphatic heterocycles. The van der Waals surface area contributed by atoms with Gasteiger partial charge in [0.05, 0.1) is 11.4 Å². The van der Waals surface area contributed by atoms with E-state index in [2.05, 4.69) is 29.7 Å². The third-order valence-electron chi connectivity index (χ3n) is 1.94. The molecule has 1 N–H and O–H groups in total. The number of nitrogens with one attached hydrogen (secondary N) is 1. The summed E-state index contributed by atoms with van der Waals surface area (Å²) >= 11 is 0. The Morgan fingerprint density at radius 1 is 1.00 bits per heavy atom. The molecule has 1 aromatic heterocycles. The van der Waals surface area contributed by atoms with Gasteiger partial charge in [0.2, 0.25) is 0 Å². The van der Waals surface area contributed by atoms with Gasteiger partial charge in [-0.25, -0.2) is 4.98 Å². The van der Waals surface area contributed by atoms with E-state index in [9.17, 15) is 0 Å². The third-order valence-corrected chi connectivity index (χ3v) is 1.94. The Morgan fingerprint density at radius 3 is 1.86 bits per heavy atom. The van der Waals surface area contributed by atoms with Crippen molar-refractivity contribution in [1.29, 1.82) is 0 Å². The van der Waals surface area contributed by atoms with Gasteiger partial charge in [0.25, 0.3) is 0 Å². The summed E-state index contributed by atoms with van der Waals surface area (Å²) in [7, 11) is 0. The summed E-state index contributed by atoms with van der Waals surface area (Å²) in [6.07, 6.45) is 0. The first-order valence-electron chi connectivity index (χ1n) is 4.51. The molecule has 1 heterocycles. The second-order valence-electron chi connectivity index (χ2n) is 3.65. The van der Waals surface area contributed by atoms with Crippen LogP contribution in [-0.2, 0) is 0 Å². The van der Waals surface area contributed by atoms with Crippen molar-refractivity contribution in [3.05, 3.63) is 36.9 Å². The van der Waals surface area contributed by atoms with Gasteiger partial charge in [-0.15, -0.1) is 0 Å². The van der Waals surface area contributed by atoms with E-state index in [1.807, 2.05) is 20.8 Å². The normalized spacial score (nSPS) is 9.93. The molecule has 0 spiro atoms. The summed E-state index contributed by atoms with van der Waals surface area (Å²) in [5, 5.41) is 0. The highest BCUT2D eigenvalue weighted by molar-refractivity contribution is 5.74. The molecule has 0 fully saturated rings. The summed E-state index contributed by atoms with van der Waals surface area (Å²) in [5.74, 6) is 0.806. The Balaban J connectivity index is 3.33. The van der Waals surface area contributed by atoms with E-state index in [4.69, 9.17) is 0 Å². The second kappa shape index (κ2) is 3.66. The quantitative estimate of drug-likeness (QED) is 0.772. The zero-order valence-corrected chi connectivity index (χ0v) is 9.07.